The van der Waals surface area contributed by atoms with Crippen LogP contribution in [0.15, 0.2) is 30.3 Å². The first kappa shape index (κ1) is 13.4. The molecule has 1 aliphatic rings. The van der Waals surface area contributed by atoms with Crippen LogP contribution >= 0.6 is 0 Å². The number of aromatic nitrogens is 1. The molecule has 1 aliphatic heterocycles. The van der Waals surface area contributed by atoms with Crippen molar-refractivity contribution in [1.29, 1.82) is 0 Å². The standard InChI is InChI=1S/C15H19BN2O2/c1-14(2)15(3,4)20-16(19-14)11-6-7-12-10(9-11)5-8-13(17)18-12/h5-9H,1-4H3,(H2,17,18). The van der Waals surface area contributed by atoms with Crippen molar-refractivity contribution < 1.29 is 9.31 Å². The van der Waals surface area contributed by atoms with Crippen LogP contribution in [0.1, 0.15) is 27.7 Å². The molecule has 2 aromatic rings. The highest BCUT2D eigenvalue weighted by atomic mass is 16.7. The second-order valence-electron chi connectivity index (χ2n) is 6.28. The van der Waals surface area contributed by atoms with Crippen molar-refractivity contribution in [3.63, 3.8) is 0 Å². The Morgan fingerprint density at radius 3 is 2.30 bits per heavy atom. The maximum atomic E-state index is 6.06. The van der Waals surface area contributed by atoms with Crippen LogP contribution in [-0.2, 0) is 9.31 Å². The van der Waals surface area contributed by atoms with Gasteiger partial charge in [0.2, 0.25) is 0 Å². The second-order valence-corrected chi connectivity index (χ2v) is 6.28. The van der Waals surface area contributed by atoms with Crippen molar-refractivity contribution in [2.24, 2.45) is 0 Å². The summed E-state index contributed by atoms with van der Waals surface area (Å²) in [6, 6.07) is 9.75. The molecule has 0 radical (unpaired) electrons. The lowest BCUT2D eigenvalue weighted by molar-refractivity contribution is 0.00578. The molecule has 5 heteroatoms. The van der Waals surface area contributed by atoms with Crippen molar-refractivity contribution in [3.05, 3.63) is 30.3 Å². The smallest absolute Gasteiger partial charge is 0.399 e. The number of benzene rings is 1. The Kier molecular flexibility index (Phi) is 2.82. The maximum absolute atomic E-state index is 6.06. The number of hydrogen-bond donors (Lipinski definition) is 1. The minimum atomic E-state index is -0.345. The monoisotopic (exact) mass is 270 g/mol. The van der Waals surface area contributed by atoms with Crippen LogP contribution in [0.25, 0.3) is 10.9 Å². The third kappa shape index (κ3) is 2.07. The van der Waals surface area contributed by atoms with E-state index in [1.807, 2.05) is 24.3 Å². The third-order valence-corrected chi connectivity index (χ3v) is 4.26. The van der Waals surface area contributed by atoms with Gasteiger partial charge in [-0.05, 0) is 56.7 Å². The van der Waals surface area contributed by atoms with Crippen LogP contribution in [-0.4, -0.2) is 23.3 Å². The summed E-state index contributed by atoms with van der Waals surface area (Å²) in [6.07, 6.45) is 0. The van der Waals surface area contributed by atoms with Gasteiger partial charge in [-0.25, -0.2) is 4.98 Å². The molecular formula is C15H19BN2O2. The zero-order chi connectivity index (χ0) is 14.5. The molecule has 1 saturated heterocycles. The summed E-state index contributed by atoms with van der Waals surface area (Å²) in [5, 5.41) is 1.03. The summed E-state index contributed by atoms with van der Waals surface area (Å²) < 4.78 is 12.1. The Hall–Kier alpha value is -1.59. The predicted molar refractivity (Wildman–Crippen MR) is 81.9 cm³/mol. The van der Waals surface area contributed by atoms with E-state index in [9.17, 15) is 0 Å². The van der Waals surface area contributed by atoms with Crippen LogP contribution in [0.3, 0.4) is 0 Å². The molecule has 1 fully saturated rings. The fraction of sp³-hybridized carbons (Fsp3) is 0.400. The third-order valence-electron chi connectivity index (χ3n) is 4.26. The number of anilines is 1. The van der Waals surface area contributed by atoms with Gasteiger partial charge in [0, 0.05) is 0 Å². The maximum Gasteiger partial charge on any atom is 0.494 e. The summed E-state index contributed by atoms with van der Waals surface area (Å²) in [5.74, 6) is 0.529. The number of pyridine rings is 1. The van der Waals surface area contributed by atoms with Gasteiger partial charge in [0.15, 0.2) is 0 Å². The molecule has 0 aliphatic carbocycles. The average molecular weight is 270 g/mol. The minimum absolute atomic E-state index is 0.327. The van der Waals surface area contributed by atoms with Crippen LogP contribution in [0, 0.1) is 0 Å². The van der Waals surface area contributed by atoms with Crippen molar-refractivity contribution in [2.75, 3.05) is 5.73 Å². The van der Waals surface area contributed by atoms with Crippen molar-refractivity contribution in [2.45, 2.75) is 38.9 Å². The van der Waals surface area contributed by atoms with E-state index < -0.39 is 0 Å². The van der Waals surface area contributed by atoms with Crippen molar-refractivity contribution in [3.8, 4) is 0 Å². The van der Waals surface area contributed by atoms with Gasteiger partial charge in [0.25, 0.3) is 0 Å². The molecule has 3 rings (SSSR count). The average Bonchev–Trinajstić information content (AvgIpc) is 2.58. The highest BCUT2D eigenvalue weighted by Gasteiger charge is 2.51. The number of nitrogen functional groups attached to an aromatic ring is 1. The van der Waals surface area contributed by atoms with Gasteiger partial charge in [-0.1, -0.05) is 12.1 Å². The zero-order valence-electron chi connectivity index (χ0n) is 12.3. The molecule has 0 amide bonds. The Balaban J connectivity index is 1.98. The summed E-state index contributed by atoms with van der Waals surface area (Å²) in [6.45, 7) is 8.21. The van der Waals surface area contributed by atoms with Crippen LogP contribution in [0.4, 0.5) is 5.82 Å². The molecule has 2 heterocycles. The van der Waals surface area contributed by atoms with Gasteiger partial charge in [0.05, 0.1) is 16.7 Å². The number of fused-ring (bicyclic) bond motifs is 1. The van der Waals surface area contributed by atoms with Gasteiger partial charge in [-0.3, -0.25) is 0 Å². The first-order chi connectivity index (χ1) is 9.28. The quantitative estimate of drug-likeness (QED) is 0.806. The summed E-state index contributed by atoms with van der Waals surface area (Å²) >= 11 is 0. The van der Waals surface area contributed by atoms with E-state index in [0.717, 1.165) is 16.4 Å². The highest BCUT2D eigenvalue weighted by Crippen LogP contribution is 2.36. The summed E-state index contributed by atoms with van der Waals surface area (Å²) in [5.41, 5.74) is 6.92. The number of nitrogens with zero attached hydrogens (tertiary/aromatic N) is 1. The summed E-state index contributed by atoms with van der Waals surface area (Å²) in [4.78, 5) is 4.30. The molecule has 0 atom stereocenters. The van der Waals surface area contributed by atoms with Gasteiger partial charge in [-0.2, -0.15) is 0 Å². The zero-order valence-corrected chi connectivity index (χ0v) is 12.3. The van der Waals surface area contributed by atoms with E-state index in [4.69, 9.17) is 15.0 Å². The van der Waals surface area contributed by atoms with E-state index in [0.29, 0.717) is 5.82 Å². The highest BCUT2D eigenvalue weighted by molar-refractivity contribution is 6.62. The molecule has 104 valence electrons. The van der Waals surface area contributed by atoms with Gasteiger partial charge in [-0.15, -0.1) is 0 Å². The van der Waals surface area contributed by atoms with Gasteiger partial charge in [0.1, 0.15) is 5.82 Å². The molecule has 20 heavy (non-hydrogen) atoms. The predicted octanol–water partition coefficient (Wildman–Crippen LogP) is 2.12. The number of hydrogen-bond acceptors (Lipinski definition) is 4. The SMILES string of the molecule is CC1(C)OB(c2ccc3nc(N)ccc3c2)OC1(C)C. The molecule has 1 aromatic heterocycles. The number of nitrogens with two attached hydrogens (primary N) is 1. The molecule has 1 aromatic carbocycles. The van der Waals surface area contributed by atoms with Crippen LogP contribution in [0.5, 0.6) is 0 Å². The van der Waals surface area contributed by atoms with E-state index in [1.54, 1.807) is 6.07 Å². The van der Waals surface area contributed by atoms with Crippen molar-refractivity contribution in [1.82, 2.24) is 4.98 Å². The fourth-order valence-corrected chi connectivity index (χ4v) is 2.29. The van der Waals surface area contributed by atoms with Crippen molar-refractivity contribution >= 4 is 29.3 Å². The lowest BCUT2D eigenvalue weighted by atomic mass is 9.78. The Labute approximate surface area is 119 Å². The summed E-state index contributed by atoms with van der Waals surface area (Å²) in [7, 11) is -0.345. The largest absolute Gasteiger partial charge is 0.494 e. The van der Waals surface area contributed by atoms with E-state index in [1.165, 1.54) is 0 Å². The fourth-order valence-electron chi connectivity index (χ4n) is 2.29. The molecule has 2 N–H and O–H groups in total. The topological polar surface area (TPSA) is 57.4 Å². The molecular weight excluding hydrogens is 251 g/mol. The molecule has 0 saturated carbocycles. The van der Waals surface area contributed by atoms with Crippen LogP contribution in [0.2, 0.25) is 0 Å². The Bertz CT molecular complexity index is 654. The normalized spacial score (nSPS) is 20.5. The first-order valence-corrected chi connectivity index (χ1v) is 6.80. The molecule has 0 unspecified atom stereocenters. The second kappa shape index (κ2) is 4.20. The van der Waals surface area contributed by atoms with Gasteiger partial charge >= 0.3 is 7.12 Å². The van der Waals surface area contributed by atoms with E-state index in [2.05, 4.69) is 32.7 Å². The minimum Gasteiger partial charge on any atom is -0.399 e. The van der Waals surface area contributed by atoms with Crippen LogP contribution < -0.4 is 11.2 Å². The molecule has 0 spiro atoms. The lowest BCUT2D eigenvalue weighted by Crippen LogP contribution is -2.41. The molecule has 4 nitrogen and oxygen atoms in total. The Morgan fingerprint density at radius 1 is 1.00 bits per heavy atom. The Morgan fingerprint density at radius 2 is 1.65 bits per heavy atom. The van der Waals surface area contributed by atoms with E-state index >= 15 is 0 Å². The first-order valence-electron chi connectivity index (χ1n) is 6.80. The lowest BCUT2D eigenvalue weighted by Gasteiger charge is -2.32. The van der Waals surface area contributed by atoms with E-state index in [-0.39, 0.29) is 18.3 Å². The van der Waals surface area contributed by atoms with Gasteiger partial charge < -0.3 is 15.0 Å². The molecule has 0 bridgehead atoms. The number of rotatable bonds is 1.